The molecule has 6 heteroatoms. The van der Waals surface area contributed by atoms with Crippen LogP contribution in [0, 0.1) is 0 Å². The van der Waals surface area contributed by atoms with E-state index in [2.05, 4.69) is 42.5 Å². The van der Waals surface area contributed by atoms with Gasteiger partial charge in [0.2, 0.25) is 0 Å². The molecule has 0 radical (unpaired) electrons. The highest BCUT2D eigenvalue weighted by molar-refractivity contribution is 9.11. The lowest BCUT2D eigenvalue weighted by molar-refractivity contribution is 0.254. The number of methoxy groups -OCH3 is 1. The van der Waals surface area contributed by atoms with Gasteiger partial charge in [0.05, 0.1) is 17.3 Å². The summed E-state index contributed by atoms with van der Waals surface area (Å²) in [5.74, 6) is 0.657. The van der Waals surface area contributed by atoms with Gasteiger partial charge in [0, 0.05) is 17.6 Å². The summed E-state index contributed by atoms with van der Waals surface area (Å²) in [6.45, 7) is 0. The minimum absolute atomic E-state index is 0.278. The number of hydrogen-bond acceptors (Lipinski definition) is 2. The third-order valence-corrected chi connectivity index (χ3v) is 2.99. The number of urea groups is 1. The van der Waals surface area contributed by atoms with Crippen molar-refractivity contribution in [1.29, 1.82) is 0 Å². The van der Waals surface area contributed by atoms with Crippen LogP contribution in [-0.2, 0) is 0 Å². The molecule has 0 spiro atoms. The Balaban J connectivity index is 3.02. The predicted molar refractivity (Wildman–Crippen MR) is 66.5 cm³/mol. The number of nitrogens with one attached hydrogen (secondary N) is 2. The Morgan fingerprint density at radius 1 is 1.33 bits per heavy atom. The molecule has 0 aromatic heterocycles. The second-order valence-corrected chi connectivity index (χ2v) is 4.38. The van der Waals surface area contributed by atoms with Crippen molar-refractivity contribution in [2.24, 2.45) is 0 Å². The molecule has 82 valence electrons. The molecule has 2 amide bonds. The molecule has 0 saturated carbocycles. The fraction of sp³-hybridized carbons (Fsp3) is 0.222. The first kappa shape index (κ1) is 12.3. The van der Waals surface area contributed by atoms with Crippen LogP contribution in [0.15, 0.2) is 21.1 Å². The highest BCUT2D eigenvalue weighted by Crippen LogP contribution is 2.34. The van der Waals surface area contributed by atoms with Crippen LogP contribution in [0.25, 0.3) is 0 Å². The predicted octanol–water partition coefficient (Wildman–Crippen LogP) is 2.97. The number of halogens is 2. The zero-order valence-electron chi connectivity index (χ0n) is 8.23. The Morgan fingerprint density at radius 2 is 2.00 bits per heavy atom. The van der Waals surface area contributed by atoms with Gasteiger partial charge in [-0.25, -0.2) is 4.79 Å². The Bertz CT molecular complexity index is 383. The summed E-state index contributed by atoms with van der Waals surface area (Å²) in [7, 11) is 3.12. The lowest BCUT2D eigenvalue weighted by Gasteiger charge is -2.10. The second kappa shape index (κ2) is 5.37. The molecule has 0 heterocycles. The monoisotopic (exact) mass is 336 g/mol. The largest absolute Gasteiger partial charge is 0.495 e. The van der Waals surface area contributed by atoms with Crippen molar-refractivity contribution in [3.05, 3.63) is 21.1 Å². The van der Waals surface area contributed by atoms with Crippen molar-refractivity contribution in [1.82, 2.24) is 5.32 Å². The SMILES string of the molecule is CNC(=O)Nc1cc(OC)c(Br)cc1Br. The van der Waals surface area contributed by atoms with Crippen LogP contribution in [0.2, 0.25) is 0 Å². The van der Waals surface area contributed by atoms with Gasteiger partial charge >= 0.3 is 6.03 Å². The molecule has 0 unspecified atom stereocenters. The van der Waals surface area contributed by atoms with Crippen molar-refractivity contribution in [3.63, 3.8) is 0 Å². The van der Waals surface area contributed by atoms with Crippen LogP contribution < -0.4 is 15.4 Å². The maximum absolute atomic E-state index is 11.1. The van der Waals surface area contributed by atoms with Crippen LogP contribution in [0.4, 0.5) is 10.5 Å². The molecule has 0 aliphatic rings. The zero-order chi connectivity index (χ0) is 11.4. The molecule has 0 atom stereocenters. The van der Waals surface area contributed by atoms with Crippen LogP contribution in [0.3, 0.4) is 0 Å². The molecular weight excluding hydrogens is 328 g/mol. The number of carbonyl (C=O) groups is 1. The lowest BCUT2D eigenvalue weighted by Crippen LogP contribution is -2.24. The summed E-state index contributed by atoms with van der Waals surface area (Å²) in [5, 5.41) is 5.13. The summed E-state index contributed by atoms with van der Waals surface area (Å²) in [5.41, 5.74) is 0.648. The van der Waals surface area contributed by atoms with E-state index in [9.17, 15) is 4.79 Å². The van der Waals surface area contributed by atoms with E-state index >= 15 is 0 Å². The van der Waals surface area contributed by atoms with Crippen LogP contribution in [0.1, 0.15) is 0 Å². The van der Waals surface area contributed by atoms with Crippen molar-refractivity contribution in [3.8, 4) is 5.75 Å². The number of amides is 2. The minimum atomic E-state index is -0.278. The summed E-state index contributed by atoms with van der Waals surface area (Å²) < 4.78 is 6.71. The Kier molecular flexibility index (Phi) is 4.41. The van der Waals surface area contributed by atoms with E-state index in [0.717, 1.165) is 8.95 Å². The fourth-order valence-corrected chi connectivity index (χ4v) is 2.22. The van der Waals surface area contributed by atoms with Crippen LogP contribution >= 0.6 is 31.9 Å². The topological polar surface area (TPSA) is 50.4 Å². The van der Waals surface area contributed by atoms with E-state index in [-0.39, 0.29) is 6.03 Å². The van der Waals surface area contributed by atoms with E-state index < -0.39 is 0 Å². The van der Waals surface area contributed by atoms with Crippen molar-refractivity contribution >= 4 is 43.6 Å². The second-order valence-electron chi connectivity index (χ2n) is 2.67. The van der Waals surface area contributed by atoms with E-state index in [4.69, 9.17) is 4.74 Å². The number of carbonyl (C=O) groups excluding carboxylic acids is 1. The molecule has 15 heavy (non-hydrogen) atoms. The quantitative estimate of drug-likeness (QED) is 0.871. The molecule has 2 N–H and O–H groups in total. The number of benzene rings is 1. The van der Waals surface area contributed by atoms with Gasteiger partial charge < -0.3 is 15.4 Å². The number of ether oxygens (including phenoxy) is 1. The lowest BCUT2D eigenvalue weighted by atomic mass is 10.3. The van der Waals surface area contributed by atoms with Gasteiger partial charge in [-0.1, -0.05) is 0 Å². The molecular formula is C9H10Br2N2O2. The zero-order valence-corrected chi connectivity index (χ0v) is 11.4. The van der Waals surface area contributed by atoms with Gasteiger partial charge in [-0.2, -0.15) is 0 Å². The van der Waals surface area contributed by atoms with Crippen molar-refractivity contribution in [2.45, 2.75) is 0 Å². The maximum Gasteiger partial charge on any atom is 0.319 e. The average Bonchev–Trinajstić information content (AvgIpc) is 2.21. The Morgan fingerprint density at radius 3 is 2.53 bits per heavy atom. The first-order valence-electron chi connectivity index (χ1n) is 4.10. The van der Waals surface area contributed by atoms with E-state index in [1.54, 1.807) is 20.2 Å². The summed E-state index contributed by atoms with van der Waals surface area (Å²) in [4.78, 5) is 11.1. The van der Waals surface area contributed by atoms with E-state index in [0.29, 0.717) is 11.4 Å². The fourth-order valence-electron chi connectivity index (χ4n) is 0.966. The highest BCUT2D eigenvalue weighted by Gasteiger charge is 2.08. The number of hydrogen-bond donors (Lipinski definition) is 2. The molecule has 0 fully saturated rings. The number of anilines is 1. The van der Waals surface area contributed by atoms with Crippen LogP contribution in [-0.4, -0.2) is 20.2 Å². The van der Waals surface area contributed by atoms with Gasteiger partial charge in [-0.15, -0.1) is 0 Å². The van der Waals surface area contributed by atoms with Crippen molar-refractivity contribution in [2.75, 3.05) is 19.5 Å². The van der Waals surface area contributed by atoms with Crippen molar-refractivity contribution < 1.29 is 9.53 Å². The summed E-state index contributed by atoms with van der Waals surface area (Å²) in [6.07, 6.45) is 0. The van der Waals surface area contributed by atoms with E-state index in [1.807, 2.05) is 6.07 Å². The molecule has 0 bridgehead atoms. The molecule has 0 aliphatic carbocycles. The molecule has 0 aliphatic heterocycles. The molecule has 1 rings (SSSR count). The molecule has 1 aromatic rings. The Hall–Kier alpha value is -0.750. The first-order chi connectivity index (χ1) is 7.08. The normalized spacial score (nSPS) is 9.60. The third-order valence-electron chi connectivity index (χ3n) is 1.72. The minimum Gasteiger partial charge on any atom is -0.495 e. The average molecular weight is 338 g/mol. The van der Waals surface area contributed by atoms with E-state index in [1.165, 1.54) is 0 Å². The summed E-state index contributed by atoms with van der Waals surface area (Å²) >= 11 is 6.68. The maximum atomic E-state index is 11.1. The molecule has 1 aromatic carbocycles. The van der Waals surface area contributed by atoms with Gasteiger partial charge in [0.25, 0.3) is 0 Å². The van der Waals surface area contributed by atoms with Gasteiger partial charge in [0.15, 0.2) is 0 Å². The van der Waals surface area contributed by atoms with Gasteiger partial charge in [0.1, 0.15) is 5.75 Å². The Labute approximate surface area is 105 Å². The highest BCUT2D eigenvalue weighted by atomic mass is 79.9. The molecule has 0 saturated heterocycles. The van der Waals surface area contributed by atoms with Gasteiger partial charge in [-0.3, -0.25) is 0 Å². The standard InChI is InChI=1S/C9H10Br2N2O2/c1-12-9(14)13-7-4-8(15-2)6(11)3-5(7)10/h3-4H,1-2H3,(H2,12,13,14). The number of rotatable bonds is 2. The van der Waals surface area contributed by atoms with Gasteiger partial charge in [-0.05, 0) is 37.9 Å². The molecule has 4 nitrogen and oxygen atoms in total. The third kappa shape index (κ3) is 3.10. The summed E-state index contributed by atoms with van der Waals surface area (Å²) in [6, 6.07) is 3.26. The van der Waals surface area contributed by atoms with Crippen LogP contribution in [0.5, 0.6) is 5.75 Å². The smallest absolute Gasteiger partial charge is 0.319 e. The first-order valence-corrected chi connectivity index (χ1v) is 5.69.